The molecule has 0 spiro atoms. The van der Waals surface area contributed by atoms with Crippen LogP contribution in [0.3, 0.4) is 0 Å². The fourth-order valence-corrected chi connectivity index (χ4v) is 1.55. The molecule has 0 aliphatic carbocycles. The van der Waals surface area contributed by atoms with Crippen LogP contribution in [-0.4, -0.2) is 10.2 Å². The zero-order valence-corrected chi connectivity index (χ0v) is 9.52. The molecule has 0 saturated heterocycles. The highest BCUT2D eigenvalue weighted by Gasteiger charge is 2.33. The molecule has 0 atom stereocenters. The van der Waals surface area contributed by atoms with Gasteiger partial charge in [-0.1, -0.05) is 23.7 Å². The van der Waals surface area contributed by atoms with Gasteiger partial charge < -0.3 is 0 Å². The van der Waals surface area contributed by atoms with Crippen LogP contribution in [0.5, 0.6) is 0 Å². The van der Waals surface area contributed by atoms with Crippen LogP contribution < -0.4 is 0 Å². The number of aromatic nitrogens is 2. The Morgan fingerprint density at radius 3 is 2.47 bits per heavy atom. The summed E-state index contributed by atoms with van der Waals surface area (Å²) in [5, 5.41) is 6.08. The van der Waals surface area contributed by atoms with Gasteiger partial charge in [-0.2, -0.15) is 18.3 Å². The molecule has 17 heavy (non-hydrogen) atoms. The Bertz CT molecular complexity index is 546. The smallest absolute Gasteiger partial charge is 0.273 e. The van der Waals surface area contributed by atoms with Gasteiger partial charge in [-0.3, -0.25) is 5.10 Å². The topological polar surface area (TPSA) is 28.7 Å². The molecule has 1 heterocycles. The largest absolute Gasteiger partial charge is 0.432 e. The Morgan fingerprint density at radius 2 is 1.94 bits per heavy atom. The zero-order valence-electron chi connectivity index (χ0n) is 8.77. The summed E-state index contributed by atoms with van der Waals surface area (Å²) in [5.41, 5.74) is 0.762. The SMILES string of the molecule is Cc1ccc(-c2cc(C(F)(F)F)[nH]n2)cc1Cl. The highest BCUT2D eigenvalue weighted by atomic mass is 35.5. The first-order valence-corrected chi connectivity index (χ1v) is 5.15. The van der Waals surface area contributed by atoms with E-state index in [1.54, 1.807) is 18.2 Å². The van der Waals surface area contributed by atoms with Crippen molar-refractivity contribution in [3.05, 3.63) is 40.5 Å². The maximum Gasteiger partial charge on any atom is 0.432 e. The predicted octanol–water partition coefficient (Wildman–Crippen LogP) is 4.06. The van der Waals surface area contributed by atoms with Gasteiger partial charge in [-0.25, -0.2) is 0 Å². The molecule has 90 valence electrons. The maximum atomic E-state index is 12.4. The highest BCUT2D eigenvalue weighted by Crippen LogP contribution is 2.31. The second-order valence-electron chi connectivity index (χ2n) is 3.63. The van der Waals surface area contributed by atoms with E-state index < -0.39 is 11.9 Å². The standard InChI is InChI=1S/C11H8ClF3N2/c1-6-2-3-7(4-8(6)12)9-5-10(17-16-9)11(13,14)15/h2-5H,1H3,(H,16,17). The second kappa shape index (κ2) is 4.07. The molecule has 0 radical (unpaired) electrons. The summed E-state index contributed by atoms with van der Waals surface area (Å²) in [4.78, 5) is 0. The molecule has 2 aromatic rings. The van der Waals surface area contributed by atoms with Crippen LogP contribution >= 0.6 is 11.6 Å². The molecule has 0 fully saturated rings. The Balaban J connectivity index is 2.40. The molecule has 6 heteroatoms. The third-order valence-electron chi connectivity index (χ3n) is 2.35. The lowest BCUT2D eigenvalue weighted by Crippen LogP contribution is -2.04. The first kappa shape index (κ1) is 12.0. The van der Waals surface area contributed by atoms with E-state index in [1.807, 2.05) is 12.0 Å². The summed E-state index contributed by atoms with van der Waals surface area (Å²) < 4.78 is 37.1. The number of rotatable bonds is 1. The van der Waals surface area contributed by atoms with Crippen molar-refractivity contribution in [3.8, 4) is 11.3 Å². The predicted molar refractivity (Wildman–Crippen MR) is 58.8 cm³/mol. The molecular formula is C11H8ClF3N2. The third-order valence-corrected chi connectivity index (χ3v) is 2.76. The average Bonchev–Trinajstić information content (AvgIpc) is 2.70. The van der Waals surface area contributed by atoms with Crippen LogP contribution in [0.2, 0.25) is 5.02 Å². The van der Waals surface area contributed by atoms with Crippen LogP contribution in [0, 0.1) is 6.92 Å². The molecule has 0 saturated carbocycles. The number of aryl methyl sites for hydroxylation is 1. The Hall–Kier alpha value is -1.49. The molecule has 0 aliphatic rings. The molecular weight excluding hydrogens is 253 g/mol. The van der Waals surface area contributed by atoms with Crippen LogP contribution in [0.25, 0.3) is 11.3 Å². The monoisotopic (exact) mass is 260 g/mol. The number of alkyl halides is 3. The fourth-order valence-electron chi connectivity index (χ4n) is 1.37. The number of hydrogen-bond donors (Lipinski definition) is 1. The van der Waals surface area contributed by atoms with Crippen molar-refractivity contribution in [2.75, 3.05) is 0 Å². The minimum Gasteiger partial charge on any atom is -0.273 e. The lowest BCUT2D eigenvalue weighted by atomic mass is 10.1. The summed E-state index contributed by atoms with van der Waals surface area (Å²) in [5.74, 6) is 0. The van der Waals surface area contributed by atoms with Crippen molar-refractivity contribution in [2.45, 2.75) is 13.1 Å². The van der Waals surface area contributed by atoms with E-state index in [9.17, 15) is 13.2 Å². The van der Waals surface area contributed by atoms with Gasteiger partial charge in [0.25, 0.3) is 0 Å². The number of aromatic amines is 1. The van der Waals surface area contributed by atoms with Crippen molar-refractivity contribution in [1.82, 2.24) is 10.2 Å². The Labute approximate surface area is 100 Å². The lowest BCUT2D eigenvalue weighted by Gasteiger charge is -2.01. The Kier molecular flexibility index (Phi) is 2.87. The maximum absolute atomic E-state index is 12.4. The minimum atomic E-state index is -4.42. The van der Waals surface area contributed by atoms with E-state index in [0.29, 0.717) is 10.6 Å². The van der Waals surface area contributed by atoms with Crippen LogP contribution in [0.1, 0.15) is 11.3 Å². The van der Waals surface area contributed by atoms with Crippen LogP contribution in [0.4, 0.5) is 13.2 Å². The molecule has 2 nitrogen and oxygen atoms in total. The van der Waals surface area contributed by atoms with Gasteiger partial charge in [0.05, 0.1) is 5.69 Å². The summed E-state index contributed by atoms with van der Waals surface area (Å²) in [6.45, 7) is 1.82. The number of nitrogens with zero attached hydrogens (tertiary/aromatic N) is 1. The molecule has 0 bridgehead atoms. The minimum absolute atomic E-state index is 0.222. The summed E-state index contributed by atoms with van der Waals surface area (Å²) in [6.07, 6.45) is -4.42. The molecule has 0 aliphatic heterocycles. The normalized spacial score (nSPS) is 11.8. The fraction of sp³-hybridized carbons (Fsp3) is 0.182. The van der Waals surface area contributed by atoms with E-state index in [1.165, 1.54) is 0 Å². The van der Waals surface area contributed by atoms with E-state index in [-0.39, 0.29) is 5.69 Å². The van der Waals surface area contributed by atoms with Gasteiger partial charge in [0.15, 0.2) is 0 Å². The van der Waals surface area contributed by atoms with Gasteiger partial charge >= 0.3 is 6.18 Å². The van der Waals surface area contributed by atoms with Gasteiger partial charge in [-0.15, -0.1) is 0 Å². The Morgan fingerprint density at radius 1 is 1.24 bits per heavy atom. The quantitative estimate of drug-likeness (QED) is 0.823. The number of hydrogen-bond acceptors (Lipinski definition) is 1. The third kappa shape index (κ3) is 2.44. The van der Waals surface area contributed by atoms with Crippen molar-refractivity contribution >= 4 is 11.6 Å². The van der Waals surface area contributed by atoms with E-state index in [4.69, 9.17) is 11.6 Å². The first-order chi connectivity index (χ1) is 7.88. The van der Waals surface area contributed by atoms with Crippen molar-refractivity contribution in [2.24, 2.45) is 0 Å². The number of halogens is 4. The van der Waals surface area contributed by atoms with Gasteiger partial charge in [0, 0.05) is 10.6 Å². The number of H-pyrrole nitrogens is 1. The number of nitrogens with one attached hydrogen (secondary N) is 1. The van der Waals surface area contributed by atoms with Crippen molar-refractivity contribution in [3.63, 3.8) is 0 Å². The van der Waals surface area contributed by atoms with Crippen LogP contribution in [0.15, 0.2) is 24.3 Å². The van der Waals surface area contributed by atoms with Crippen molar-refractivity contribution in [1.29, 1.82) is 0 Å². The second-order valence-corrected chi connectivity index (χ2v) is 4.04. The van der Waals surface area contributed by atoms with E-state index in [2.05, 4.69) is 5.10 Å². The summed E-state index contributed by atoms with van der Waals surface area (Å²) >= 11 is 5.90. The summed E-state index contributed by atoms with van der Waals surface area (Å²) in [7, 11) is 0. The van der Waals surface area contributed by atoms with E-state index in [0.717, 1.165) is 11.6 Å². The molecule has 0 amide bonds. The lowest BCUT2D eigenvalue weighted by molar-refractivity contribution is -0.141. The molecule has 1 N–H and O–H groups in total. The summed E-state index contributed by atoms with van der Waals surface area (Å²) in [6, 6.07) is 5.96. The van der Waals surface area contributed by atoms with Gasteiger partial charge in [-0.05, 0) is 24.6 Å². The van der Waals surface area contributed by atoms with Crippen LogP contribution in [-0.2, 0) is 6.18 Å². The molecule has 1 aromatic carbocycles. The highest BCUT2D eigenvalue weighted by molar-refractivity contribution is 6.31. The van der Waals surface area contributed by atoms with Gasteiger partial charge in [0.1, 0.15) is 5.69 Å². The molecule has 0 unspecified atom stereocenters. The van der Waals surface area contributed by atoms with E-state index >= 15 is 0 Å². The number of benzene rings is 1. The average molecular weight is 261 g/mol. The zero-order chi connectivity index (χ0) is 12.6. The first-order valence-electron chi connectivity index (χ1n) is 4.77. The molecule has 1 aromatic heterocycles. The van der Waals surface area contributed by atoms with Crippen molar-refractivity contribution < 1.29 is 13.2 Å². The molecule has 2 rings (SSSR count). The van der Waals surface area contributed by atoms with Gasteiger partial charge in [0.2, 0.25) is 0 Å².